The molecule has 0 radical (unpaired) electrons. The van der Waals surface area contributed by atoms with Crippen LogP contribution in [0.2, 0.25) is 0 Å². The predicted octanol–water partition coefficient (Wildman–Crippen LogP) is 1.59. The number of aryl methyl sites for hydroxylation is 1. The molecule has 0 N–H and O–H groups in total. The van der Waals surface area contributed by atoms with Gasteiger partial charge in [-0.3, -0.25) is 0 Å². The first-order valence-electron chi connectivity index (χ1n) is 5.37. The number of rotatable bonds is 2. The van der Waals surface area contributed by atoms with E-state index < -0.39 is 0 Å². The predicted molar refractivity (Wildman–Crippen MR) is 57.4 cm³/mol. The number of likely N-dealkylation sites (tertiary alicyclic amines) is 1. The fraction of sp³-hybridized carbons (Fsp3) is 0.727. The van der Waals surface area contributed by atoms with Gasteiger partial charge in [0.1, 0.15) is 0 Å². The molecule has 3 heteroatoms. The molecule has 1 atom stereocenters. The average Bonchev–Trinajstić information content (AvgIpc) is 2.68. The van der Waals surface area contributed by atoms with Crippen molar-refractivity contribution in [2.45, 2.75) is 39.3 Å². The molecule has 1 unspecified atom stereocenters. The Balaban J connectivity index is 2.07. The molecule has 1 fully saturated rings. The van der Waals surface area contributed by atoms with Crippen LogP contribution in [0.3, 0.4) is 0 Å². The van der Waals surface area contributed by atoms with E-state index in [-0.39, 0.29) is 0 Å². The van der Waals surface area contributed by atoms with Gasteiger partial charge >= 0.3 is 0 Å². The molecule has 0 aromatic carbocycles. The molecule has 1 aliphatic heterocycles. The number of nitrogens with zero attached hydrogens (tertiary/aromatic N) is 3. The molecule has 0 saturated carbocycles. The monoisotopic (exact) mass is 193 g/mol. The van der Waals surface area contributed by atoms with Crippen LogP contribution < -0.4 is 0 Å². The topological polar surface area (TPSA) is 21.1 Å². The molecule has 2 heterocycles. The second-order valence-electron chi connectivity index (χ2n) is 4.34. The van der Waals surface area contributed by atoms with Gasteiger partial charge < -0.3 is 9.47 Å². The second kappa shape index (κ2) is 3.73. The summed E-state index contributed by atoms with van der Waals surface area (Å²) < 4.78 is 2.28. The molecule has 0 aliphatic carbocycles. The maximum Gasteiger partial charge on any atom is 0.0951 e. The van der Waals surface area contributed by atoms with Crippen LogP contribution in [0, 0.1) is 13.8 Å². The normalized spacial score (nSPS) is 23.2. The number of imidazole rings is 1. The van der Waals surface area contributed by atoms with Crippen molar-refractivity contribution in [2.75, 3.05) is 13.6 Å². The highest BCUT2D eigenvalue weighted by atomic mass is 15.2. The molecule has 2 rings (SSSR count). The lowest BCUT2D eigenvalue weighted by Gasteiger charge is -2.20. The van der Waals surface area contributed by atoms with E-state index in [1.807, 2.05) is 6.33 Å². The number of hydrogen-bond donors (Lipinski definition) is 0. The largest absolute Gasteiger partial charge is 0.333 e. The molecule has 0 spiro atoms. The summed E-state index contributed by atoms with van der Waals surface area (Å²) >= 11 is 0. The molecule has 1 aliphatic rings. The van der Waals surface area contributed by atoms with E-state index >= 15 is 0 Å². The number of likely N-dealkylation sites (N-methyl/N-ethyl adjacent to an activating group) is 1. The SMILES string of the molecule is Cc1ncn(CC2CCCN2C)c1C. The lowest BCUT2D eigenvalue weighted by atomic mass is 10.2. The van der Waals surface area contributed by atoms with Crippen LogP contribution in [0.15, 0.2) is 6.33 Å². The quantitative estimate of drug-likeness (QED) is 0.711. The second-order valence-corrected chi connectivity index (χ2v) is 4.34. The molecular formula is C11H19N3. The van der Waals surface area contributed by atoms with Crippen LogP contribution in [0.5, 0.6) is 0 Å². The number of aromatic nitrogens is 2. The van der Waals surface area contributed by atoms with Gasteiger partial charge in [-0.2, -0.15) is 0 Å². The third-order valence-electron chi connectivity index (χ3n) is 3.42. The Morgan fingerprint density at radius 1 is 1.50 bits per heavy atom. The third kappa shape index (κ3) is 1.69. The van der Waals surface area contributed by atoms with Gasteiger partial charge in [-0.1, -0.05) is 0 Å². The van der Waals surface area contributed by atoms with Crippen LogP contribution in [-0.2, 0) is 6.54 Å². The fourth-order valence-electron chi connectivity index (χ4n) is 2.17. The Morgan fingerprint density at radius 2 is 2.29 bits per heavy atom. The summed E-state index contributed by atoms with van der Waals surface area (Å²) in [6, 6.07) is 0.710. The summed E-state index contributed by atoms with van der Waals surface area (Å²) in [4.78, 5) is 6.78. The molecule has 14 heavy (non-hydrogen) atoms. The van der Waals surface area contributed by atoms with E-state index in [9.17, 15) is 0 Å². The molecule has 0 amide bonds. The lowest BCUT2D eigenvalue weighted by molar-refractivity contribution is 0.281. The lowest BCUT2D eigenvalue weighted by Crippen LogP contribution is -2.29. The van der Waals surface area contributed by atoms with E-state index in [1.165, 1.54) is 25.1 Å². The van der Waals surface area contributed by atoms with E-state index in [0.717, 1.165) is 12.2 Å². The summed E-state index contributed by atoms with van der Waals surface area (Å²) in [6.07, 6.45) is 4.64. The summed E-state index contributed by atoms with van der Waals surface area (Å²) in [7, 11) is 2.22. The zero-order valence-electron chi connectivity index (χ0n) is 9.32. The summed E-state index contributed by atoms with van der Waals surface area (Å²) in [5.41, 5.74) is 2.47. The Morgan fingerprint density at radius 3 is 2.79 bits per heavy atom. The van der Waals surface area contributed by atoms with Crippen LogP contribution in [0.4, 0.5) is 0 Å². The Labute approximate surface area is 85.7 Å². The average molecular weight is 193 g/mol. The van der Waals surface area contributed by atoms with E-state index in [2.05, 4.69) is 35.3 Å². The van der Waals surface area contributed by atoms with Crippen molar-refractivity contribution in [1.29, 1.82) is 0 Å². The first-order chi connectivity index (χ1) is 6.68. The third-order valence-corrected chi connectivity index (χ3v) is 3.42. The van der Waals surface area contributed by atoms with Crippen molar-refractivity contribution in [3.63, 3.8) is 0 Å². The first-order valence-corrected chi connectivity index (χ1v) is 5.37. The highest BCUT2D eigenvalue weighted by Gasteiger charge is 2.21. The molecule has 3 nitrogen and oxygen atoms in total. The van der Waals surface area contributed by atoms with Gasteiger partial charge in [0.2, 0.25) is 0 Å². The van der Waals surface area contributed by atoms with E-state index in [0.29, 0.717) is 6.04 Å². The highest BCUT2D eigenvalue weighted by Crippen LogP contribution is 2.17. The molecule has 1 saturated heterocycles. The van der Waals surface area contributed by atoms with Gasteiger partial charge in [0.25, 0.3) is 0 Å². The molecule has 78 valence electrons. The van der Waals surface area contributed by atoms with Crippen LogP contribution in [-0.4, -0.2) is 34.1 Å². The van der Waals surface area contributed by atoms with Crippen LogP contribution >= 0.6 is 0 Å². The maximum absolute atomic E-state index is 4.33. The standard InChI is InChI=1S/C11H19N3/c1-9-10(2)14(8-12-9)7-11-5-4-6-13(11)3/h8,11H,4-7H2,1-3H3. The molecule has 0 bridgehead atoms. The Hall–Kier alpha value is -0.830. The van der Waals surface area contributed by atoms with Crippen molar-refractivity contribution >= 4 is 0 Å². The smallest absolute Gasteiger partial charge is 0.0951 e. The van der Waals surface area contributed by atoms with Gasteiger partial charge in [0.15, 0.2) is 0 Å². The molecule has 1 aromatic rings. The van der Waals surface area contributed by atoms with Crippen molar-refractivity contribution < 1.29 is 0 Å². The highest BCUT2D eigenvalue weighted by molar-refractivity contribution is 5.08. The number of hydrogen-bond acceptors (Lipinski definition) is 2. The van der Waals surface area contributed by atoms with Crippen LogP contribution in [0.1, 0.15) is 24.2 Å². The fourth-order valence-corrected chi connectivity index (χ4v) is 2.17. The van der Waals surface area contributed by atoms with E-state index in [4.69, 9.17) is 0 Å². The van der Waals surface area contributed by atoms with Crippen LogP contribution in [0.25, 0.3) is 0 Å². The van der Waals surface area contributed by atoms with Crippen molar-refractivity contribution in [3.8, 4) is 0 Å². The summed E-state index contributed by atoms with van der Waals surface area (Å²) in [5.74, 6) is 0. The summed E-state index contributed by atoms with van der Waals surface area (Å²) in [6.45, 7) is 6.57. The van der Waals surface area contributed by atoms with Crippen molar-refractivity contribution in [3.05, 3.63) is 17.7 Å². The Kier molecular flexibility index (Phi) is 2.59. The minimum absolute atomic E-state index is 0.710. The van der Waals surface area contributed by atoms with Gasteiger partial charge in [-0.15, -0.1) is 0 Å². The molecule has 1 aromatic heterocycles. The first kappa shape index (κ1) is 9.71. The van der Waals surface area contributed by atoms with Gasteiger partial charge in [0, 0.05) is 18.3 Å². The van der Waals surface area contributed by atoms with Crippen molar-refractivity contribution in [2.24, 2.45) is 0 Å². The molecular weight excluding hydrogens is 174 g/mol. The van der Waals surface area contributed by atoms with E-state index in [1.54, 1.807) is 0 Å². The van der Waals surface area contributed by atoms with Gasteiger partial charge in [-0.05, 0) is 40.3 Å². The van der Waals surface area contributed by atoms with Crippen molar-refractivity contribution in [1.82, 2.24) is 14.5 Å². The van der Waals surface area contributed by atoms with Gasteiger partial charge in [-0.25, -0.2) is 4.98 Å². The minimum atomic E-state index is 0.710. The van der Waals surface area contributed by atoms with Gasteiger partial charge in [0.05, 0.1) is 12.0 Å². The minimum Gasteiger partial charge on any atom is -0.333 e. The summed E-state index contributed by atoms with van der Waals surface area (Å²) in [5, 5.41) is 0. The zero-order chi connectivity index (χ0) is 10.1. The maximum atomic E-state index is 4.33. The Bertz CT molecular complexity index is 316. The zero-order valence-corrected chi connectivity index (χ0v) is 9.32.